The molecule has 0 atom stereocenters. The number of amides is 1. The van der Waals surface area contributed by atoms with Gasteiger partial charge in [0.25, 0.3) is 5.91 Å². The fourth-order valence-corrected chi connectivity index (χ4v) is 6.36. The van der Waals surface area contributed by atoms with E-state index in [4.69, 9.17) is 11.6 Å². The maximum Gasteiger partial charge on any atom is 0.261 e. The van der Waals surface area contributed by atoms with Gasteiger partial charge in [-0.05, 0) is 43.9 Å². The fourth-order valence-electron chi connectivity index (χ4n) is 3.52. The predicted octanol–water partition coefficient (Wildman–Crippen LogP) is 4.54. The Hall–Kier alpha value is -1.74. The van der Waals surface area contributed by atoms with E-state index in [0.717, 1.165) is 31.4 Å². The zero-order valence-corrected chi connectivity index (χ0v) is 19.6. The van der Waals surface area contributed by atoms with Crippen molar-refractivity contribution in [3.8, 4) is 0 Å². The van der Waals surface area contributed by atoms with Gasteiger partial charge in [-0.25, -0.2) is 13.4 Å². The second-order valence-electron chi connectivity index (χ2n) is 7.01. The number of hydrogen-bond acceptors (Lipinski definition) is 5. The van der Waals surface area contributed by atoms with Gasteiger partial charge < -0.3 is 0 Å². The number of halogens is 1. The van der Waals surface area contributed by atoms with E-state index >= 15 is 0 Å². The van der Waals surface area contributed by atoms with E-state index in [1.54, 1.807) is 19.9 Å². The molecule has 0 aliphatic heterocycles. The molecule has 30 heavy (non-hydrogen) atoms. The molecule has 0 unspecified atom stereocenters. The molecular formula is C21H26ClN3O3S2. The average Bonchev–Trinajstić information content (AvgIpc) is 3.16. The molecule has 3 rings (SSSR count). The number of fused-ring (bicyclic) bond motifs is 1. The van der Waals surface area contributed by atoms with Crippen molar-refractivity contribution in [1.29, 1.82) is 0 Å². The highest BCUT2D eigenvalue weighted by molar-refractivity contribution is 7.89. The molecule has 0 radical (unpaired) electrons. The number of aromatic nitrogens is 1. The highest BCUT2D eigenvalue weighted by Gasteiger charge is 2.28. The van der Waals surface area contributed by atoms with E-state index in [0.29, 0.717) is 18.2 Å². The lowest BCUT2D eigenvalue weighted by Gasteiger charge is -2.21. The van der Waals surface area contributed by atoms with E-state index in [1.807, 2.05) is 0 Å². The monoisotopic (exact) mass is 467 g/mol. The topological polar surface area (TPSA) is 70.6 Å². The summed E-state index contributed by atoms with van der Waals surface area (Å²) in [5.74, 6) is -0.386. The Morgan fingerprint density at radius 3 is 2.60 bits per heavy atom. The molecule has 0 saturated carbocycles. The molecule has 0 saturated heterocycles. The summed E-state index contributed by atoms with van der Waals surface area (Å²) < 4.78 is 27.2. The summed E-state index contributed by atoms with van der Waals surface area (Å²) in [6, 6.07) is 4.26. The molecule has 0 N–H and O–H groups in total. The van der Waals surface area contributed by atoms with Crippen molar-refractivity contribution < 1.29 is 13.2 Å². The molecule has 1 aliphatic carbocycles. The number of sulfonamides is 1. The Bertz CT molecular complexity index is 1020. The van der Waals surface area contributed by atoms with Crippen LogP contribution in [0.25, 0.3) is 0 Å². The molecule has 1 aliphatic rings. The van der Waals surface area contributed by atoms with Gasteiger partial charge in [0.2, 0.25) is 10.0 Å². The van der Waals surface area contributed by atoms with Crippen molar-refractivity contribution in [1.82, 2.24) is 9.29 Å². The van der Waals surface area contributed by atoms with Crippen LogP contribution in [0, 0.1) is 0 Å². The van der Waals surface area contributed by atoms with Gasteiger partial charge in [0.15, 0.2) is 5.13 Å². The van der Waals surface area contributed by atoms with Gasteiger partial charge in [-0.3, -0.25) is 9.69 Å². The van der Waals surface area contributed by atoms with E-state index in [2.05, 4.69) is 11.6 Å². The van der Waals surface area contributed by atoms with Crippen LogP contribution in [0.15, 0.2) is 35.7 Å². The molecule has 1 aromatic carbocycles. The number of aryl methyl sites for hydroxylation is 2. The minimum atomic E-state index is -3.71. The second kappa shape index (κ2) is 9.60. The SMILES string of the molecule is C=CCN(C(=O)c1cc(S(=O)(=O)N(CC)CC)ccc1Cl)c1nc2c(s1)CCCC2. The van der Waals surface area contributed by atoms with Crippen molar-refractivity contribution in [3.05, 3.63) is 52.0 Å². The highest BCUT2D eigenvalue weighted by atomic mass is 35.5. The van der Waals surface area contributed by atoms with Crippen molar-refractivity contribution >= 4 is 44.0 Å². The molecule has 2 aromatic rings. The van der Waals surface area contributed by atoms with Crippen LogP contribution in [0.3, 0.4) is 0 Å². The van der Waals surface area contributed by atoms with Crippen LogP contribution < -0.4 is 4.90 Å². The fraction of sp³-hybridized carbons (Fsp3) is 0.429. The first-order chi connectivity index (χ1) is 14.3. The van der Waals surface area contributed by atoms with Crippen molar-refractivity contribution in [2.24, 2.45) is 0 Å². The van der Waals surface area contributed by atoms with Crippen LogP contribution in [0.5, 0.6) is 0 Å². The standard InChI is InChI=1S/C21H26ClN3O3S2/c1-4-13-25(21-23-18-9-7-8-10-19(18)29-21)20(26)16-14-15(11-12-17(16)22)30(27,28)24(5-2)6-3/h4,11-12,14H,1,5-10,13H2,2-3H3. The minimum Gasteiger partial charge on any atom is -0.280 e. The van der Waals surface area contributed by atoms with Gasteiger partial charge in [-0.15, -0.1) is 17.9 Å². The van der Waals surface area contributed by atoms with Gasteiger partial charge in [0, 0.05) is 24.5 Å². The molecule has 1 amide bonds. The van der Waals surface area contributed by atoms with Crippen LogP contribution in [0.4, 0.5) is 5.13 Å². The predicted molar refractivity (Wildman–Crippen MR) is 122 cm³/mol. The van der Waals surface area contributed by atoms with E-state index in [1.165, 1.54) is 43.6 Å². The molecule has 162 valence electrons. The molecule has 1 heterocycles. The Labute approximate surface area is 187 Å². The lowest BCUT2D eigenvalue weighted by molar-refractivity contribution is 0.0989. The third-order valence-electron chi connectivity index (χ3n) is 5.13. The number of nitrogens with zero attached hydrogens (tertiary/aromatic N) is 3. The summed E-state index contributed by atoms with van der Waals surface area (Å²) >= 11 is 7.83. The third-order valence-corrected chi connectivity index (χ3v) is 8.69. The number of benzene rings is 1. The van der Waals surface area contributed by atoms with Gasteiger partial charge in [-0.2, -0.15) is 4.31 Å². The zero-order valence-electron chi connectivity index (χ0n) is 17.2. The van der Waals surface area contributed by atoms with Gasteiger partial charge >= 0.3 is 0 Å². The summed E-state index contributed by atoms with van der Waals surface area (Å²) in [5, 5.41) is 0.800. The Morgan fingerprint density at radius 1 is 1.27 bits per heavy atom. The quantitative estimate of drug-likeness (QED) is 0.534. The summed E-state index contributed by atoms with van der Waals surface area (Å²) in [7, 11) is -3.71. The minimum absolute atomic E-state index is 0.0518. The van der Waals surface area contributed by atoms with Crippen LogP contribution >= 0.6 is 22.9 Å². The molecule has 0 spiro atoms. The first kappa shape index (κ1) is 22.9. The first-order valence-electron chi connectivity index (χ1n) is 10.0. The number of anilines is 1. The van der Waals surface area contributed by atoms with E-state index < -0.39 is 10.0 Å². The molecular weight excluding hydrogens is 442 g/mol. The normalized spacial score (nSPS) is 13.9. The number of carbonyl (C=O) groups excluding carboxylic acids is 1. The van der Waals surface area contributed by atoms with E-state index in [9.17, 15) is 13.2 Å². The zero-order chi connectivity index (χ0) is 21.9. The summed E-state index contributed by atoms with van der Waals surface area (Å²) in [4.78, 5) is 20.9. The summed E-state index contributed by atoms with van der Waals surface area (Å²) in [6.07, 6.45) is 5.74. The van der Waals surface area contributed by atoms with Crippen LogP contribution in [0.2, 0.25) is 5.02 Å². The molecule has 0 fully saturated rings. The van der Waals surface area contributed by atoms with Gasteiger partial charge in [-0.1, -0.05) is 31.5 Å². The highest BCUT2D eigenvalue weighted by Crippen LogP contribution is 2.33. The number of hydrogen-bond donors (Lipinski definition) is 0. The van der Waals surface area contributed by atoms with E-state index in [-0.39, 0.29) is 27.9 Å². The Morgan fingerprint density at radius 2 is 1.97 bits per heavy atom. The summed E-state index contributed by atoms with van der Waals surface area (Å²) in [6.45, 7) is 8.26. The van der Waals surface area contributed by atoms with Crippen LogP contribution in [0.1, 0.15) is 47.6 Å². The van der Waals surface area contributed by atoms with Gasteiger partial charge in [0.05, 0.1) is 21.2 Å². The maximum atomic E-state index is 13.4. The lowest BCUT2D eigenvalue weighted by atomic mass is 10.0. The average molecular weight is 468 g/mol. The Balaban J connectivity index is 2.01. The third kappa shape index (κ3) is 4.46. The number of carbonyl (C=O) groups is 1. The lowest BCUT2D eigenvalue weighted by Crippen LogP contribution is -2.33. The second-order valence-corrected chi connectivity index (χ2v) is 10.4. The Kier molecular flexibility index (Phi) is 7.34. The molecule has 9 heteroatoms. The molecule has 1 aromatic heterocycles. The largest absolute Gasteiger partial charge is 0.280 e. The van der Waals surface area contributed by atoms with Crippen LogP contribution in [-0.4, -0.2) is 43.2 Å². The smallest absolute Gasteiger partial charge is 0.261 e. The molecule has 0 bridgehead atoms. The number of thiazole rings is 1. The van der Waals surface area contributed by atoms with Gasteiger partial charge in [0.1, 0.15) is 0 Å². The van der Waals surface area contributed by atoms with Crippen molar-refractivity contribution in [2.45, 2.75) is 44.4 Å². The van der Waals surface area contributed by atoms with Crippen molar-refractivity contribution in [3.63, 3.8) is 0 Å². The van der Waals surface area contributed by atoms with Crippen LogP contribution in [-0.2, 0) is 22.9 Å². The molecule has 6 nitrogen and oxygen atoms in total. The van der Waals surface area contributed by atoms with Crippen molar-refractivity contribution in [2.75, 3.05) is 24.5 Å². The summed E-state index contributed by atoms with van der Waals surface area (Å²) in [5.41, 5.74) is 1.19. The number of rotatable bonds is 8. The first-order valence-corrected chi connectivity index (χ1v) is 12.7. The maximum absolute atomic E-state index is 13.4.